The van der Waals surface area contributed by atoms with Gasteiger partial charge in [0.25, 0.3) is 10.0 Å². The van der Waals surface area contributed by atoms with Crippen molar-refractivity contribution in [2.24, 2.45) is 0 Å². The molecule has 0 unspecified atom stereocenters. The Morgan fingerprint density at radius 3 is 1.96 bits per heavy atom. The lowest BCUT2D eigenvalue weighted by Crippen LogP contribution is -2.16. The van der Waals surface area contributed by atoms with Crippen LogP contribution in [0.25, 0.3) is 0 Å². The third-order valence-corrected chi connectivity index (χ3v) is 5.00. The molecule has 138 valence electrons. The monoisotopic (exact) mass is 381 g/mol. The zero-order chi connectivity index (χ0) is 19.5. The Hall–Kier alpha value is -2.94. The van der Waals surface area contributed by atoms with Crippen LogP contribution in [0.4, 0.5) is 10.1 Å². The van der Waals surface area contributed by atoms with E-state index in [-0.39, 0.29) is 27.3 Å². The van der Waals surface area contributed by atoms with Gasteiger partial charge in [-0.1, -0.05) is 0 Å². The maximum Gasteiger partial charge on any atom is 0.337 e. The predicted octanol–water partition coefficient (Wildman–Crippen LogP) is 2.51. The van der Waals surface area contributed by atoms with Gasteiger partial charge in [0.15, 0.2) is 0 Å². The van der Waals surface area contributed by atoms with Gasteiger partial charge >= 0.3 is 11.9 Å². The van der Waals surface area contributed by atoms with Crippen molar-refractivity contribution < 1.29 is 31.9 Å². The smallest absolute Gasteiger partial charge is 0.337 e. The molecule has 0 fully saturated rings. The minimum absolute atomic E-state index is 0.0380. The number of aryl methyl sites for hydroxylation is 1. The van der Waals surface area contributed by atoms with Crippen LogP contribution in [-0.2, 0) is 19.5 Å². The number of rotatable bonds is 5. The lowest BCUT2D eigenvalue weighted by Gasteiger charge is -2.12. The molecule has 0 atom stereocenters. The molecule has 0 radical (unpaired) electrons. The largest absolute Gasteiger partial charge is 0.465 e. The summed E-state index contributed by atoms with van der Waals surface area (Å²) in [5.74, 6) is -2.08. The number of hydrogen-bond donors (Lipinski definition) is 1. The van der Waals surface area contributed by atoms with Gasteiger partial charge in [-0.2, -0.15) is 0 Å². The number of halogens is 1. The summed E-state index contributed by atoms with van der Waals surface area (Å²) in [4.78, 5) is 23.4. The van der Waals surface area contributed by atoms with Gasteiger partial charge in [0.1, 0.15) is 5.82 Å². The Bertz CT molecular complexity index is 937. The number of esters is 2. The third-order valence-electron chi connectivity index (χ3n) is 3.45. The van der Waals surface area contributed by atoms with Crippen LogP contribution in [0.3, 0.4) is 0 Å². The van der Waals surface area contributed by atoms with Gasteiger partial charge in [0.05, 0.1) is 35.9 Å². The number of methoxy groups -OCH3 is 2. The summed E-state index contributed by atoms with van der Waals surface area (Å²) in [7, 11) is -1.78. The molecular formula is C17H16FNO6S. The average molecular weight is 381 g/mol. The minimum Gasteiger partial charge on any atom is -0.465 e. The Labute approximate surface area is 149 Å². The van der Waals surface area contributed by atoms with E-state index in [0.717, 1.165) is 32.4 Å². The highest BCUT2D eigenvalue weighted by Crippen LogP contribution is 2.23. The first kappa shape index (κ1) is 19.4. The van der Waals surface area contributed by atoms with E-state index in [1.165, 1.54) is 25.1 Å². The Balaban J connectivity index is 2.50. The van der Waals surface area contributed by atoms with E-state index in [2.05, 4.69) is 14.2 Å². The first-order valence-electron chi connectivity index (χ1n) is 7.28. The summed E-state index contributed by atoms with van der Waals surface area (Å²) in [6.07, 6.45) is 0. The zero-order valence-corrected chi connectivity index (χ0v) is 15.0. The molecule has 0 aliphatic heterocycles. The summed E-state index contributed by atoms with van der Waals surface area (Å²) >= 11 is 0. The van der Waals surface area contributed by atoms with Crippen molar-refractivity contribution >= 4 is 27.6 Å². The van der Waals surface area contributed by atoms with E-state index in [4.69, 9.17) is 0 Å². The molecule has 1 N–H and O–H groups in total. The molecule has 0 heterocycles. The standard InChI is InChI=1S/C17H16FNO6S/c1-10-6-13(18)4-5-15(10)26(22,23)19-14-8-11(16(20)24-2)7-12(9-14)17(21)25-3/h4-9,19H,1-3H3. The van der Waals surface area contributed by atoms with E-state index in [1.54, 1.807) is 0 Å². The Morgan fingerprint density at radius 1 is 0.962 bits per heavy atom. The average Bonchev–Trinajstić information content (AvgIpc) is 2.59. The SMILES string of the molecule is COC(=O)c1cc(NS(=O)(=O)c2ccc(F)cc2C)cc(C(=O)OC)c1. The van der Waals surface area contributed by atoms with Crippen molar-refractivity contribution in [2.45, 2.75) is 11.8 Å². The predicted molar refractivity (Wildman–Crippen MR) is 91.1 cm³/mol. The minimum atomic E-state index is -4.08. The topological polar surface area (TPSA) is 98.8 Å². The lowest BCUT2D eigenvalue weighted by atomic mass is 10.1. The van der Waals surface area contributed by atoms with Gasteiger partial charge in [0, 0.05) is 0 Å². The fraction of sp³-hybridized carbons (Fsp3) is 0.176. The molecule has 0 aliphatic carbocycles. The van der Waals surface area contributed by atoms with E-state index < -0.39 is 27.8 Å². The van der Waals surface area contributed by atoms with E-state index in [0.29, 0.717) is 0 Å². The summed E-state index contributed by atoms with van der Waals surface area (Å²) < 4.78 is 49.8. The lowest BCUT2D eigenvalue weighted by molar-refractivity contribution is 0.0599. The molecule has 2 aromatic carbocycles. The Kier molecular flexibility index (Phi) is 5.61. The second-order valence-electron chi connectivity index (χ2n) is 5.30. The molecule has 0 bridgehead atoms. The normalized spacial score (nSPS) is 10.9. The van der Waals surface area contributed by atoms with Crippen molar-refractivity contribution in [3.8, 4) is 0 Å². The highest BCUT2D eigenvalue weighted by molar-refractivity contribution is 7.92. The van der Waals surface area contributed by atoms with E-state index in [1.807, 2.05) is 0 Å². The van der Waals surface area contributed by atoms with Crippen molar-refractivity contribution in [1.82, 2.24) is 0 Å². The van der Waals surface area contributed by atoms with Gasteiger partial charge in [-0.15, -0.1) is 0 Å². The van der Waals surface area contributed by atoms with Crippen LogP contribution in [0, 0.1) is 12.7 Å². The number of nitrogens with one attached hydrogen (secondary N) is 1. The first-order chi connectivity index (χ1) is 12.2. The summed E-state index contributed by atoms with van der Waals surface area (Å²) in [5.41, 5.74) is 0.0831. The van der Waals surface area contributed by atoms with Gasteiger partial charge in [-0.05, 0) is 48.9 Å². The van der Waals surface area contributed by atoms with Crippen LogP contribution in [0.1, 0.15) is 26.3 Å². The highest BCUT2D eigenvalue weighted by atomic mass is 32.2. The maximum atomic E-state index is 13.2. The third kappa shape index (κ3) is 4.17. The number of hydrogen-bond acceptors (Lipinski definition) is 6. The Morgan fingerprint density at radius 2 is 1.50 bits per heavy atom. The number of ether oxygens (including phenoxy) is 2. The van der Waals surface area contributed by atoms with Gasteiger partial charge in [0.2, 0.25) is 0 Å². The molecule has 2 rings (SSSR count). The molecule has 0 saturated carbocycles. The summed E-state index contributed by atoms with van der Waals surface area (Å²) in [6.45, 7) is 1.45. The van der Waals surface area contributed by atoms with E-state index in [9.17, 15) is 22.4 Å². The molecule has 2 aromatic rings. The zero-order valence-electron chi connectivity index (χ0n) is 14.2. The van der Waals surface area contributed by atoms with Crippen LogP contribution in [0.15, 0.2) is 41.3 Å². The second kappa shape index (κ2) is 7.52. The first-order valence-corrected chi connectivity index (χ1v) is 8.77. The molecule has 9 heteroatoms. The number of anilines is 1. The number of carbonyl (C=O) groups excluding carboxylic acids is 2. The molecule has 26 heavy (non-hydrogen) atoms. The van der Waals surface area contributed by atoms with Crippen LogP contribution in [0.5, 0.6) is 0 Å². The maximum absolute atomic E-state index is 13.2. The molecule has 7 nitrogen and oxygen atoms in total. The fourth-order valence-corrected chi connectivity index (χ4v) is 3.55. The van der Waals surface area contributed by atoms with E-state index >= 15 is 0 Å². The van der Waals surface area contributed by atoms with Gasteiger partial charge in [-0.25, -0.2) is 22.4 Å². The van der Waals surface area contributed by atoms with Crippen LogP contribution < -0.4 is 4.72 Å². The molecule has 0 spiro atoms. The fourth-order valence-electron chi connectivity index (χ4n) is 2.28. The second-order valence-corrected chi connectivity index (χ2v) is 6.95. The van der Waals surface area contributed by atoms with Gasteiger partial charge in [-0.3, -0.25) is 4.72 Å². The molecular weight excluding hydrogens is 365 g/mol. The van der Waals surface area contributed by atoms with Crippen LogP contribution in [-0.4, -0.2) is 34.6 Å². The van der Waals surface area contributed by atoms with Gasteiger partial charge < -0.3 is 9.47 Å². The molecule has 0 aromatic heterocycles. The quantitative estimate of drug-likeness (QED) is 0.799. The van der Waals surface area contributed by atoms with Crippen molar-refractivity contribution in [3.05, 3.63) is 58.9 Å². The summed E-state index contributed by atoms with van der Waals surface area (Å²) in [6, 6.07) is 6.88. The molecule has 0 aliphatic rings. The van der Waals surface area contributed by atoms with Crippen LogP contribution >= 0.6 is 0 Å². The number of benzene rings is 2. The number of sulfonamides is 1. The van der Waals surface area contributed by atoms with Crippen molar-refractivity contribution in [3.63, 3.8) is 0 Å². The van der Waals surface area contributed by atoms with Crippen molar-refractivity contribution in [2.75, 3.05) is 18.9 Å². The summed E-state index contributed by atoms with van der Waals surface area (Å²) in [5, 5.41) is 0. The molecule has 0 amide bonds. The molecule has 0 saturated heterocycles. The highest BCUT2D eigenvalue weighted by Gasteiger charge is 2.20. The number of carbonyl (C=O) groups is 2. The van der Waals surface area contributed by atoms with Crippen LogP contribution in [0.2, 0.25) is 0 Å². The van der Waals surface area contributed by atoms with Crippen molar-refractivity contribution in [1.29, 1.82) is 0 Å².